The predicted molar refractivity (Wildman–Crippen MR) is 123 cm³/mol. The second kappa shape index (κ2) is 11.0. The number of carbonyl (C=O) groups is 2. The highest BCUT2D eigenvalue weighted by Crippen LogP contribution is 2.34. The highest BCUT2D eigenvalue weighted by Gasteiger charge is 2.26. The number of anilines is 2. The van der Waals surface area contributed by atoms with Crippen molar-refractivity contribution in [2.45, 2.75) is 6.92 Å². The van der Waals surface area contributed by atoms with Crippen LogP contribution >= 0.6 is 0 Å². The van der Waals surface area contributed by atoms with Crippen molar-refractivity contribution in [2.75, 3.05) is 69.4 Å². The molecule has 2 amide bonds. The van der Waals surface area contributed by atoms with Gasteiger partial charge in [-0.3, -0.25) is 14.5 Å². The van der Waals surface area contributed by atoms with Crippen LogP contribution in [0.4, 0.5) is 11.4 Å². The molecule has 0 unspecified atom stereocenters. The van der Waals surface area contributed by atoms with E-state index in [1.54, 1.807) is 47.4 Å². The average molecular weight is 456 g/mol. The number of nitrogens with one attached hydrogen (secondary N) is 1. The number of hydrogen-bond donors (Lipinski definition) is 1. The number of carbonyl (C=O) groups excluding carboxylic acids is 2. The van der Waals surface area contributed by atoms with E-state index >= 15 is 0 Å². The second-order valence-corrected chi connectivity index (χ2v) is 7.71. The summed E-state index contributed by atoms with van der Waals surface area (Å²) in [6.45, 7) is 6.90. The van der Waals surface area contributed by atoms with E-state index in [2.05, 4.69) is 10.2 Å². The first-order valence-electron chi connectivity index (χ1n) is 11.1. The first-order valence-corrected chi connectivity index (χ1v) is 11.1. The fraction of sp³-hybridized carbons (Fsp3) is 0.417. The zero-order valence-corrected chi connectivity index (χ0v) is 18.7. The fourth-order valence-electron chi connectivity index (χ4n) is 3.74. The molecule has 1 N–H and O–H groups in total. The maximum atomic E-state index is 12.4. The van der Waals surface area contributed by atoms with Crippen LogP contribution < -0.4 is 24.4 Å². The Morgan fingerprint density at radius 2 is 1.76 bits per heavy atom. The molecule has 0 aliphatic carbocycles. The van der Waals surface area contributed by atoms with Gasteiger partial charge in [0.25, 0.3) is 11.8 Å². The topological polar surface area (TPSA) is 89.6 Å². The Morgan fingerprint density at radius 3 is 2.48 bits per heavy atom. The lowest BCUT2D eigenvalue weighted by Gasteiger charge is -2.33. The molecule has 0 saturated carbocycles. The molecule has 0 spiro atoms. The van der Waals surface area contributed by atoms with Crippen LogP contribution in [0.3, 0.4) is 0 Å². The molecule has 1 saturated heterocycles. The molecule has 2 heterocycles. The zero-order valence-electron chi connectivity index (χ0n) is 18.7. The lowest BCUT2D eigenvalue weighted by Crippen LogP contribution is -2.45. The minimum Gasteiger partial charge on any atom is -0.494 e. The molecule has 0 aromatic heterocycles. The number of benzene rings is 2. The Balaban J connectivity index is 1.32. The van der Waals surface area contributed by atoms with E-state index in [0.717, 1.165) is 38.6 Å². The van der Waals surface area contributed by atoms with Gasteiger partial charge in [0.05, 0.1) is 25.5 Å². The van der Waals surface area contributed by atoms with Gasteiger partial charge in [0.2, 0.25) is 0 Å². The summed E-state index contributed by atoms with van der Waals surface area (Å²) in [7, 11) is 0. The normalized spacial score (nSPS) is 16.0. The van der Waals surface area contributed by atoms with E-state index in [4.69, 9.17) is 18.9 Å². The molecule has 4 rings (SSSR count). The van der Waals surface area contributed by atoms with Gasteiger partial charge in [-0.1, -0.05) is 0 Å². The fourth-order valence-corrected chi connectivity index (χ4v) is 3.74. The van der Waals surface area contributed by atoms with Crippen molar-refractivity contribution in [1.29, 1.82) is 0 Å². The Bertz CT molecular complexity index is 959. The molecule has 2 aromatic carbocycles. The van der Waals surface area contributed by atoms with Crippen molar-refractivity contribution in [2.24, 2.45) is 0 Å². The van der Waals surface area contributed by atoms with E-state index in [9.17, 15) is 9.59 Å². The summed E-state index contributed by atoms with van der Waals surface area (Å²) in [6.07, 6.45) is 0. The van der Waals surface area contributed by atoms with Crippen molar-refractivity contribution in [3.8, 4) is 17.2 Å². The molecule has 0 radical (unpaired) electrons. The molecule has 0 atom stereocenters. The Labute approximate surface area is 193 Å². The van der Waals surface area contributed by atoms with E-state index in [0.29, 0.717) is 36.0 Å². The number of nitrogens with zero attached hydrogens (tertiary/aromatic N) is 2. The van der Waals surface area contributed by atoms with Crippen molar-refractivity contribution in [3.63, 3.8) is 0 Å². The largest absolute Gasteiger partial charge is 0.494 e. The molecule has 176 valence electrons. The molecular weight excluding hydrogens is 426 g/mol. The van der Waals surface area contributed by atoms with Gasteiger partial charge in [0.15, 0.2) is 13.2 Å². The maximum absolute atomic E-state index is 12.4. The first-order chi connectivity index (χ1) is 16.1. The lowest BCUT2D eigenvalue weighted by molar-refractivity contribution is -0.121. The highest BCUT2D eigenvalue weighted by atomic mass is 16.5. The van der Waals surface area contributed by atoms with Gasteiger partial charge in [0, 0.05) is 37.9 Å². The van der Waals surface area contributed by atoms with Crippen molar-refractivity contribution < 1.29 is 28.5 Å². The van der Waals surface area contributed by atoms with Crippen LogP contribution in [0.15, 0.2) is 42.5 Å². The Hall–Kier alpha value is -3.30. The molecule has 33 heavy (non-hydrogen) atoms. The molecular formula is C24H29N3O6. The van der Waals surface area contributed by atoms with Crippen LogP contribution in [0, 0.1) is 0 Å². The third-order valence-electron chi connectivity index (χ3n) is 5.43. The Kier molecular flexibility index (Phi) is 7.64. The van der Waals surface area contributed by atoms with Crippen LogP contribution in [0.1, 0.15) is 6.92 Å². The van der Waals surface area contributed by atoms with Crippen LogP contribution in [0.5, 0.6) is 17.2 Å². The van der Waals surface area contributed by atoms with Crippen molar-refractivity contribution in [1.82, 2.24) is 4.90 Å². The van der Waals surface area contributed by atoms with Crippen molar-refractivity contribution in [3.05, 3.63) is 42.5 Å². The average Bonchev–Trinajstić information content (AvgIpc) is 2.84. The zero-order chi connectivity index (χ0) is 23.0. The molecule has 1 fully saturated rings. The van der Waals surface area contributed by atoms with Gasteiger partial charge in [-0.2, -0.15) is 0 Å². The van der Waals surface area contributed by atoms with E-state index in [1.807, 2.05) is 6.92 Å². The number of ether oxygens (including phenoxy) is 4. The number of fused-ring (bicyclic) bond motifs is 1. The first kappa shape index (κ1) is 22.9. The summed E-state index contributed by atoms with van der Waals surface area (Å²) in [4.78, 5) is 28.8. The molecule has 2 aliphatic heterocycles. The lowest BCUT2D eigenvalue weighted by atomic mass is 10.2. The summed E-state index contributed by atoms with van der Waals surface area (Å²) < 4.78 is 21.9. The molecule has 2 aromatic rings. The molecule has 9 nitrogen and oxygen atoms in total. The van der Waals surface area contributed by atoms with Gasteiger partial charge in [-0.25, -0.2) is 0 Å². The number of hydrogen-bond acceptors (Lipinski definition) is 7. The monoisotopic (exact) mass is 455 g/mol. The highest BCUT2D eigenvalue weighted by molar-refractivity contribution is 5.99. The molecule has 9 heteroatoms. The molecule has 2 aliphatic rings. The summed E-state index contributed by atoms with van der Waals surface area (Å²) in [6, 6.07) is 12.4. The maximum Gasteiger partial charge on any atom is 0.265 e. The standard InChI is InChI=1S/C24H29N3O6/c1-2-31-19-4-6-20(7-5-19)32-16-23(28)25-18-3-8-21-22(15-18)33-17-24(29)27(21)10-9-26-11-13-30-14-12-26/h3-8,15H,2,9-14,16-17H2,1H3,(H,25,28). The SMILES string of the molecule is CCOc1ccc(OCC(=O)Nc2ccc3c(c2)OCC(=O)N3CCN2CCOCC2)cc1. The predicted octanol–water partition coefficient (Wildman–Crippen LogP) is 2.16. The van der Waals surface area contributed by atoms with Crippen LogP contribution in [-0.2, 0) is 14.3 Å². The van der Waals surface area contributed by atoms with E-state index in [-0.39, 0.29) is 25.0 Å². The van der Waals surface area contributed by atoms with Gasteiger partial charge >= 0.3 is 0 Å². The van der Waals surface area contributed by atoms with E-state index in [1.165, 1.54) is 0 Å². The second-order valence-electron chi connectivity index (χ2n) is 7.71. The minimum absolute atomic E-state index is 0.0195. The third kappa shape index (κ3) is 6.15. The summed E-state index contributed by atoms with van der Waals surface area (Å²) >= 11 is 0. The summed E-state index contributed by atoms with van der Waals surface area (Å²) in [5.74, 6) is 1.54. The van der Waals surface area contributed by atoms with Crippen LogP contribution in [-0.4, -0.2) is 75.9 Å². The minimum atomic E-state index is -0.292. The smallest absolute Gasteiger partial charge is 0.265 e. The van der Waals surface area contributed by atoms with Gasteiger partial charge in [-0.15, -0.1) is 0 Å². The Morgan fingerprint density at radius 1 is 1.03 bits per heavy atom. The summed E-state index contributed by atoms with van der Waals surface area (Å²) in [5.41, 5.74) is 1.29. The van der Waals surface area contributed by atoms with E-state index < -0.39 is 0 Å². The van der Waals surface area contributed by atoms with Crippen molar-refractivity contribution >= 4 is 23.2 Å². The molecule has 0 bridgehead atoms. The summed E-state index contributed by atoms with van der Waals surface area (Å²) in [5, 5.41) is 2.81. The quantitative estimate of drug-likeness (QED) is 0.620. The van der Waals surface area contributed by atoms with Gasteiger partial charge < -0.3 is 29.2 Å². The van der Waals surface area contributed by atoms with Gasteiger partial charge in [-0.05, 0) is 43.3 Å². The number of amides is 2. The number of morpholine rings is 1. The number of rotatable bonds is 9. The third-order valence-corrected chi connectivity index (χ3v) is 5.43. The van der Waals surface area contributed by atoms with Crippen LogP contribution in [0.2, 0.25) is 0 Å². The van der Waals surface area contributed by atoms with Gasteiger partial charge in [0.1, 0.15) is 17.2 Å². The van der Waals surface area contributed by atoms with Crippen LogP contribution in [0.25, 0.3) is 0 Å².